The Morgan fingerprint density at radius 2 is 2.12 bits per heavy atom. The van der Waals surface area contributed by atoms with E-state index >= 15 is 0 Å². The number of fused-ring (bicyclic) bond motifs is 1. The van der Waals surface area contributed by atoms with Crippen LogP contribution in [-0.2, 0) is 14.2 Å². The SMILES string of the molecule is COC1C=C2CCCC(C(C)(C)OC)C2O1. The molecule has 2 aliphatic rings. The summed E-state index contributed by atoms with van der Waals surface area (Å²) in [7, 11) is 3.47. The Labute approximate surface area is 97.8 Å². The first-order chi connectivity index (χ1) is 7.58. The molecule has 1 saturated carbocycles. The highest BCUT2D eigenvalue weighted by atomic mass is 16.7. The largest absolute Gasteiger partial charge is 0.378 e. The second-order valence-electron chi connectivity index (χ2n) is 5.21. The molecule has 0 N–H and O–H groups in total. The van der Waals surface area contributed by atoms with Gasteiger partial charge in [0.2, 0.25) is 0 Å². The zero-order valence-electron chi connectivity index (χ0n) is 10.7. The van der Waals surface area contributed by atoms with E-state index < -0.39 is 0 Å². The van der Waals surface area contributed by atoms with Crippen LogP contribution in [0.25, 0.3) is 0 Å². The van der Waals surface area contributed by atoms with E-state index in [4.69, 9.17) is 14.2 Å². The van der Waals surface area contributed by atoms with Gasteiger partial charge in [-0.1, -0.05) is 0 Å². The molecule has 0 bridgehead atoms. The molecule has 0 spiro atoms. The molecular weight excluding hydrogens is 204 g/mol. The predicted molar refractivity (Wildman–Crippen MR) is 62.2 cm³/mol. The van der Waals surface area contributed by atoms with Crippen molar-refractivity contribution in [2.45, 2.75) is 51.1 Å². The quantitative estimate of drug-likeness (QED) is 0.692. The third-order valence-corrected chi connectivity index (χ3v) is 3.99. The van der Waals surface area contributed by atoms with Gasteiger partial charge in [-0.25, -0.2) is 0 Å². The van der Waals surface area contributed by atoms with Gasteiger partial charge in [0.05, 0.1) is 11.7 Å². The Morgan fingerprint density at radius 3 is 2.75 bits per heavy atom. The lowest BCUT2D eigenvalue weighted by molar-refractivity contribution is -0.150. The van der Waals surface area contributed by atoms with E-state index in [0.29, 0.717) is 5.92 Å². The summed E-state index contributed by atoms with van der Waals surface area (Å²) < 4.78 is 16.8. The summed E-state index contributed by atoms with van der Waals surface area (Å²) >= 11 is 0. The molecule has 0 saturated heterocycles. The molecule has 1 fully saturated rings. The zero-order valence-corrected chi connectivity index (χ0v) is 10.7. The first kappa shape index (κ1) is 12.1. The van der Waals surface area contributed by atoms with Crippen LogP contribution in [0.4, 0.5) is 0 Å². The molecule has 0 aromatic carbocycles. The van der Waals surface area contributed by atoms with Crippen LogP contribution in [0.1, 0.15) is 33.1 Å². The lowest BCUT2D eigenvalue weighted by Crippen LogP contribution is -2.44. The van der Waals surface area contributed by atoms with Crippen molar-refractivity contribution >= 4 is 0 Å². The predicted octanol–water partition coefficient (Wildman–Crippen LogP) is 2.51. The van der Waals surface area contributed by atoms with Crippen LogP contribution in [0.15, 0.2) is 11.6 Å². The second-order valence-corrected chi connectivity index (χ2v) is 5.21. The highest BCUT2D eigenvalue weighted by molar-refractivity contribution is 5.20. The van der Waals surface area contributed by atoms with Gasteiger partial charge in [0.1, 0.15) is 0 Å². The normalized spacial score (nSPS) is 34.8. The summed E-state index contributed by atoms with van der Waals surface area (Å²) in [5.41, 5.74) is 1.26. The van der Waals surface area contributed by atoms with Gasteiger partial charge in [-0.15, -0.1) is 0 Å². The minimum atomic E-state index is -0.159. The molecule has 92 valence electrons. The molecule has 3 atom stereocenters. The molecule has 0 radical (unpaired) electrons. The zero-order chi connectivity index (χ0) is 11.8. The monoisotopic (exact) mass is 226 g/mol. The van der Waals surface area contributed by atoms with Gasteiger partial charge in [-0.3, -0.25) is 0 Å². The summed E-state index contributed by atoms with van der Waals surface area (Å²) in [4.78, 5) is 0. The number of hydrogen-bond acceptors (Lipinski definition) is 3. The first-order valence-corrected chi connectivity index (χ1v) is 6.02. The minimum absolute atomic E-state index is 0.132. The molecule has 16 heavy (non-hydrogen) atoms. The van der Waals surface area contributed by atoms with Crippen LogP contribution in [0.2, 0.25) is 0 Å². The molecule has 0 aromatic heterocycles. The molecular formula is C13H22O3. The number of rotatable bonds is 3. The highest BCUT2D eigenvalue weighted by Gasteiger charge is 2.43. The van der Waals surface area contributed by atoms with Crippen molar-refractivity contribution < 1.29 is 14.2 Å². The fourth-order valence-electron chi connectivity index (χ4n) is 2.78. The Morgan fingerprint density at radius 1 is 1.38 bits per heavy atom. The first-order valence-electron chi connectivity index (χ1n) is 6.02. The van der Waals surface area contributed by atoms with E-state index in [0.717, 1.165) is 6.42 Å². The van der Waals surface area contributed by atoms with Gasteiger partial charge in [0, 0.05) is 20.1 Å². The topological polar surface area (TPSA) is 27.7 Å². The number of methoxy groups -OCH3 is 2. The summed E-state index contributed by atoms with van der Waals surface area (Å²) in [6.45, 7) is 4.29. The summed E-state index contributed by atoms with van der Waals surface area (Å²) in [5, 5.41) is 0. The van der Waals surface area contributed by atoms with Gasteiger partial charge in [0.25, 0.3) is 0 Å². The van der Waals surface area contributed by atoms with Crippen LogP contribution < -0.4 is 0 Å². The fraction of sp³-hybridized carbons (Fsp3) is 0.846. The molecule has 3 unspecified atom stereocenters. The van der Waals surface area contributed by atoms with Crippen molar-refractivity contribution in [1.82, 2.24) is 0 Å². The number of ether oxygens (including phenoxy) is 3. The molecule has 3 nitrogen and oxygen atoms in total. The van der Waals surface area contributed by atoms with Crippen LogP contribution >= 0.6 is 0 Å². The second kappa shape index (κ2) is 4.47. The van der Waals surface area contributed by atoms with E-state index in [1.807, 2.05) is 0 Å². The van der Waals surface area contributed by atoms with E-state index in [2.05, 4.69) is 19.9 Å². The van der Waals surface area contributed by atoms with Gasteiger partial charge in [0.15, 0.2) is 6.29 Å². The summed E-state index contributed by atoms with van der Waals surface area (Å²) in [6.07, 6.45) is 5.68. The van der Waals surface area contributed by atoms with Crippen molar-refractivity contribution in [3.05, 3.63) is 11.6 Å². The smallest absolute Gasteiger partial charge is 0.177 e. The van der Waals surface area contributed by atoms with Crippen LogP contribution in [-0.4, -0.2) is 32.2 Å². The Hall–Kier alpha value is -0.380. The summed E-state index contributed by atoms with van der Waals surface area (Å²) in [6, 6.07) is 0. The van der Waals surface area contributed by atoms with E-state index in [1.165, 1.54) is 18.4 Å². The molecule has 1 heterocycles. The van der Waals surface area contributed by atoms with E-state index in [-0.39, 0.29) is 18.0 Å². The average Bonchev–Trinajstić information content (AvgIpc) is 2.71. The molecule has 1 aliphatic heterocycles. The van der Waals surface area contributed by atoms with Crippen LogP contribution in [0, 0.1) is 5.92 Å². The minimum Gasteiger partial charge on any atom is -0.378 e. The Balaban J connectivity index is 2.15. The van der Waals surface area contributed by atoms with Crippen molar-refractivity contribution in [2.24, 2.45) is 5.92 Å². The third kappa shape index (κ3) is 2.04. The van der Waals surface area contributed by atoms with Gasteiger partial charge < -0.3 is 14.2 Å². The number of hydrogen-bond donors (Lipinski definition) is 0. The average molecular weight is 226 g/mol. The maximum absolute atomic E-state index is 5.92. The molecule has 0 aromatic rings. The highest BCUT2D eigenvalue weighted by Crippen LogP contribution is 2.42. The van der Waals surface area contributed by atoms with E-state index in [9.17, 15) is 0 Å². The van der Waals surface area contributed by atoms with Crippen molar-refractivity contribution in [3.63, 3.8) is 0 Å². The van der Waals surface area contributed by atoms with Gasteiger partial charge >= 0.3 is 0 Å². The van der Waals surface area contributed by atoms with E-state index in [1.54, 1.807) is 14.2 Å². The standard InChI is InChI=1S/C13H22O3/c1-13(2,15-4)10-7-5-6-9-8-11(14-3)16-12(9)10/h8,10-12H,5-7H2,1-4H3. The maximum Gasteiger partial charge on any atom is 0.177 e. The van der Waals surface area contributed by atoms with Crippen LogP contribution in [0.3, 0.4) is 0 Å². The van der Waals surface area contributed by atoms with Gasteiger partial charge in [-0.05, 0) is 44.8 Å². The Kier molecular flexibility index (Phi) is 3.38. The van der Waals surface area contributed by atoms with Crippen molar-refractivity contribution in [3.8, 4) is 0 Å². The molecule has 1 aliphatic carbocycles. The summed E-state index contributed by atoms with van der Waals surface area (Å²) in [5.74, 6) is 0.428. The van der Waals surface area contributed by atoms with Crippen LogP contribution in [0.5, 0.6) is 0 Å². The molecule has 0 amide bonds. The lowest BCUT2D eigenvalue weighted by atomic mass is 9.75. The van der Waals surface area contributed by atoms with Crippen molar-refractivity contribution in [2.75, 3.05) is 14.2 Å². The molecule has 3 heteroatoms. The maximum atomic E-state index is 5.92. The fourth-order valence-corrected chi connectivity index (χ4v) is 2.78. The van der Waals surface area contributed by atoms with Crippen molar-refractivity contribution in [1.29, 1.82) is 0 Å². The Bertz CT molecular complexity index is 283. The lowest BCUT2D eigenvalue weighted by Gasteiger charge is -2.40. The third-order valence-electron chi connectivity index (χ3n) is 3.99. The molecule has 2 rings (SSSR count). The van der Waals surface area contributed by atoms with Gasteiger partial charge in [-0.2, -0.15) is 0 Å².